The summed E-state index contributed by atoms with van der Waals surface area (Å²) in [6, 6.07) is 0. The molecule has 0 aromatic heterocycles. The minimum absolute atomic E-state index is 0.489. The molecule has 62 valence electrons. The lowest BCUT2D eigenvalue weighted by atomic mass is 9.80. The first-order valence-electron chi connectivity index (χ1n) is 4.26. The maximum absolute atomic E-state index is 2.34. The van der Waals surface area contributed by atoms with E-state index in [1.54, 1.807) is 0 Å². The van der Waals surface area contributed by atoms with E-state index in [9.17, 15) is 0 Å². The highest BCUT2D eigenvalue weighted by atomic mass is 14.8. The maximum Gasteiger partial charge on any atom is 0.0756 e. The molecule has 0 bridgehead atoms. The van der Waals surface area contributed by atoms with Crippen molar-refractivity contribution in [2.24, 2.45) is 11.3 Å². The van der Waals surface area contributed by atoms with Crippen LogP contribution in [0.4, 0.5) is 0 Å². The molecule has 0 aromatic carbocycles. The van der Waals surface area contributed by atoms with Gasteiger partial charge in [-0.25, -0.2) is 0 Å². The molecule has 1 heteroatoms. The standard InChI is InChI=1S/C9H21N/c1-8(6-7-10-5)9(2,3)4/h8,10H,6-7H2,1-5H3/p+1. The fourth-order valence-corrected chi connectivity index (χ4v) is 0.850. The lowest BCUT2D eigenvalue weighted by molar-refractivity contribution is -0.628. The van der Waals surface area contributed by atoms with Gasteiger partial charge in [-0.1, -0.05) is 27.7 Å². The SMILES string of the molecule is C[NH2+]CCC(C)C(C)(C)C. The van der Waals surface area contributed by atoms with Gasteiger partial charge in [0.05, 0.1) is 13.6 Å². The number of rotatable bonds is 3. The van der Waals surface area contributed by atoms with Crippen LogP contribution in [0.15, 0.2) is 0 Å². The predicted molar refractivity (Wildman–Crippen MR) is 46.0 cm³/mol. The summed E-state index contributed by atoms with van der Waals surface area (Å²) in [5, 5.41) is 2.25. The van der Waals surface area contributed by atoms with Gasteiger partial charge < -0.3 is 5.32 Å². The van der Waals surface area contributed by atoms with Gasteiger partial charge in [-0.05, 0) is 17.8 Å². The number of nitrogens with two attached hydrogens (primary N) is 1. The third-order valence-electron chi connectivity index (χ3n) is 2.37. The highest BCUT2D eigenvalue weighted by molar-refractivity contribution is 4.68. The van der Waals surface area contributed by atoms with Crippen molar-refractivity contribution >= 4 is 0 Å². The van der Waals surface area contributed by atoms with E-state index in [1.165, 1.54) is 13.0 Å². The molecule has 1 atom stereocenters. The van der Waals surface area contributed by atoms with Gasteiger partial charge in [-0.3, -0.25) is 0 Å². The molecular weight excluding hydrogens is 122 g/mol. The van der Waals surface area contributed by atoms with E-state index < -0.39 is 0 Å². The molecule has 1 unspecified atom stereocenters. The Labute approximate surface area is 65.2 Å². The summed E-state index contributed by atoms with van der Waals surface area (Å²) in [4.78, 5) is 0. The second-order valence-corrected chi connectivity index (χ2v) is 4.25. The van der Waals surface area contributed by atoms with Crippen LogP contribution in [0.5, 0.6) is 0 Å². The van der Waals surface area contributed by atoms with Crippen molar-refractivity contribution in [3.05, 3.63) is 0 Å². The summed E-state index contributed by atoms with van der Waals surface area (Å²) in [5.41, 5.74) is 0.489. The molecule has 0 heterocycles. The van der Waals surface area contributed by atoms with Crippen molar-refractivity contribution in [3.63, 3.8) is 0 Å². The Morgan fingerprint density at radius 1 is 1.30 bits per heavy atom. The Bertz CT molecular complexity index is 81.2. The zero-order valence-electron chi connectivity index (χ0n) is 8.07. The van der Waals surface area contributed by atoms with Crippen LogP contribution in [-0.4, -0.2) is 13.6 Å². The van der Waals surface area contributed by atoms with Crippen molar-refractivity contribution in [2.75, 3.05) is 13.6 Å². The Morgan fingerprint density at radius 3 is 2.10 bits per heavy atom. The Balaban J connectivity index is 3.52. The first-order chi connectivity index (χ1) is 4.48. The molecule has 0 saturated heterocycles. The molecule has 2 N–H and O–H groups in total. The van der Waals surface area contributed by atoms with E-state index in [0.717, 1.165) is 5.92 Å². The smallest absolute Gasteiger partial charge is 0.0756 e. The second-order valence-electron chi connectivity index (χ2n) is 4.25. The van der Waals surface area contributed by atoms with Crippen LogP contribution in [0.3, 0.4) is 0 Å². The molecule has 0 amide bonds. The number of hydrogen-bond donors (Lipinski definition) is 1. The average Bonchev–Trinajstić information content (AvgIpc) is 1.80. The number of quaternary nitrogens is 1. The third-order valence-corrected chi connectivity index (χ3v) is 2.37. The minimum atomic E-state index is 0.489. The van der Waals surface area contributed by atoms with Crippen LogP contribution < -0.4 is 5.32 Å². The van der Waals surface area contributed by atoms with Gasteiger partial charge in [0.2, 0.25) is 0 Å². The molecule has 0 saturated carbocycles. The lowest BCUT2D eigenvalue weighted by Gasteiger charge is -2.26. The lowest BCUT2D eigenvalue weighted by Crippen LogP contribution is -2.79. The van der Waals surface area contributed by atoms with Crippen molar-refractivity contribution in [3.8, 4) is 0 Å². The normalized spacial score (nSPS) is 15.3. The minimum Gasteiger partial charge on any atom is -0.349 e. The van der Waals surface area contributed by atoms with Crippen molar-refractivity contribution in [2.45, 2.75) is 34.1 Å². The summed E-state index contributed by atoms with van der Waals surface area (Å²) in [7, 11) is 2.13. The highest BCUT2D eigenvalue weighted by Gasteiger charge is 2.19. The molecule has 0 radical (unpaired) electrons. The molecule has 1 nitrogen and oxygen atoms in total. The molecule has 0 aliphatic heterocycles. The monoisotopic (exact) mass is 144 g/mol. The predicted octanol–water partition coefficient (Wildman–Crippen LogP) is 1.25. The van der Waals surface area contributed by atoms with Gasteiger partial charge >= 0.3 is 0 Å². The largest absolute Gasteiger partial charge is 0.349 e. The van der Waals surface area contributed by atoms with Crippen LogP contribution in [0.1, 0.15) is 34.1 Å². The van der Waals surface area contributed by atoms with Crippen LogP contribution >= 0.6 is 0 Å². The van der Waals surface area contributed by atoms with E-state index in [0.29, 0.717) is 5.41 Å². The fourth-order valence-electron chi connectivity index (χ4n) is 0.850. The third kappa shape index (κ3) is 3.89. The molecule has 0 rings (SSSR count). The van der Waals surface area contributed by atoms with Gasteiger partial charge in [-0.15, -0.1) is 0 Å². The Kier molecular flexibility index (Phi) is 3.95. The average molecular weight is 144 g/mol. The molecule has 0 fully saturated rings. The zero-order valence-corrected chi connectivity index (χ0v) is 8.07. The summed E-state index contributed by atoms with van der Waals surface area (Å²) in [6.45, 7) is 10.5. The van der Waals surface area contributed by atoms with E-state index >= 15 is 0 Å². The van der Waals surface area contributed by atoms with Crippen molar-refractivity contribution in [1.29, 1.82) is 0 Å². The molecule has 0 aromatic rings. The summed E-state index contributed by atoms with van der Waals surface area (Å²) >= 11 is 0. The first kappa shape index (κ1) is 9.96. The molecule has 0 aliphatic rings. The van der Waals surface area contributed by atoms with E-state index in [2.05, 4.69) is 40.1 Å². The molecule has 10 heavy (non-hydrogen) atoms. The first-order valence-corrected chi connectivity index (χ1v) is 4.26. The molecular formula is C9H22N+. The van der Waals surface area contributed by atoms with Gasteiger partial charge in [0.25, 0.3) is 0 Å². The van der Waals surface area contributed by atoms with Crippen LogP contribution in [-0.2, 0) is 0 Å². The maximum atomic E-state index is 2.34. The molecule has 0 aliphatic carbocycles. The highest BCUT2D eigenvalue weighted by Crippen LogP contribution is 2.26. The van der Waals surface area contributed by atoms with Crippen molar-refractivity contribution in [1.82, 2.24) is 0 Å². The molecule has 0 spiro atoms. The second kappa shape index (κ2) is 3.97. The summed E-state index contributed by atoms with van der Waals surface area (Å²) in [6.07, 6.45) is 1.33. The van der Waals surface area contributed by atoms with Gasteiger partial charge in [-0.2, -0.15) is 0 Å². The Hall–Kier alpha value is -0.0400. The van der Waals surface area contributed by atoms with E-state index in [4.69, 9.17) is 0 Å². The van der Waals surface area contributed by atoms with Crippen molar-refractivity contribution < 1.29 is 5.32 Å². The number of hydrogen-bond acceptors (Lipinski definition) is 0. The van der Waals surface area contributed by atoms with Gasteiger partial charge in [0.15, 0.2) is 0 Å². The van der Waals surface area contributed by atoms with E-state index in [-0.39, 0.29) is 0 Å². The zero-order chi connectivity index (χ0) is 8.20. The van der Waals surface area contributed by atoms with E-state index in [1.807, 2.05) is 0 Å². The van der Waals surface area contributed by atoms with Crippen LogP contribution in [0.2, 0.25) is 0 Å². The van der Waals surface area contributed by atoms with Gasteiger partial charge in [0, 0.05) is 0 Å². The van der Waals surface area contributed by atoms with Crippen LogP contribution in [0, 0.1) is 11.3 Å². The summed E-state index contributed by atoms with van der Waals surface area (Å²) in [5.74, 6) is 0.837. The van der Waals surface area contributed by atoms with Crippen LogP contribution in [0.25, 0.3) is 0 Å². The Morgan fingerprint density at radius 2 is 1.80 bits per heavy atom. The van der Waals surface area contributed by atoms with Gasteiger partial charge in [0.1, 0.15) is 0 Å². The fraction of sp³-hybridized carbons (Fsp3) is 1.00. The quantitative estimate of drug-likeness (QED) is 0.614. The topological polar surface area (TPSA) is 16.6 Å². The summed E-state index contributed by atoms with van der Waals surface area (Å²) < 4.78 is 0.